The van der Waals surface area contributed by atoms with Gasteiger partial charge in [0.1, 0.15) is 0 Å². The molecule has 156 valence electrons. The molecule has 0 bridgehead atoms. The smallest absolute Gasteiger partial charge is 0.419 e. The fourth-order valence-electron chi connectivity index (χ4n) is 3.34. The van der Waals surface area contributed by atoms with Gasteiger partial charge in [-0.1, -0.05) is 12.1 Å². The van der Waals surface area contributed by atoms with E-state index in [0.717, 1.165) is 0 Å². The fraction of sp³-hybridized carbons (Fsp3) is 0.350. The van der Waals surface area contributed by atoms with Crippen LogP contribution in [-0.2, 0) is 20.9 Å². The molecule has 1 aliphatic rings. The zero-order chi connectivity index (χ0) is 20.9. The van der Waals surface area contributed by atoms with Crippen LogP contribution in [0.15, 0.2) is 51.9 Å². The average molecular weight is 411 g/mol. The van der Waals surface area contributed by atoms with Crippen molar-refractivity contribution in [3.8, 4) is 0 Å². The van der Waals surface area contributed by atoms with Crippen LogP contribution < -0.4 is 10.7 Å². The number of hydrogen-bond donors (Lipinski definition) is 0. The van der Waals surface area contributed by atoms with Gasteiger partial charge in [0.15, 0.2) is 12.2 Å². The molecule has 0 radical (unpaired) electrons. The van der Waals surface area contributed by atoms with Crippen molar-refractivity contribution in [3.05, 3.63) is 53.3 Å². The minimum absolute atomic E-state index is 0.0319. The van der Waals surface area contributed by atoms with Crippen LogP contribution in [0.5, 0.6) is 0 Å². The van der Waals surface area contributed by atoms with Gasteiger partial charge < -0.3 is 19.0 Å². The van der Waals surface area contributed by atoms with Gasteiger partial charge in [-0.3, -0.25) is 14.2 Å². The summed E-state index contributed by atoms with van der Waals surface area (Å²) < 4.78 is 11.6. The fourth-order valence-corrected chi connectivity index (χ4v) is 3.34. The number of hydrogen-bond acceptors (Lipinski definition) is 8. The highest BCUT2D eigenvalue weighted by atomic mass is 16.5. The van der Waals surface area contributed by atoms with Crippen molar-refractivity contribution in [1.82, 2.24) is 19.4 Å². The van der Waals surface area contributed by atoms with E-state index in [9.17, 15) is 14.4 Å². The number of benzene rings is 1. The predicted molar refractivity (Wildman–Crippen MR) is 107 cm³/mol. The number of piperazine rings is 1. The second-order valence-electron chi connectivity index (χ2n) is 6.81. The third-order valence-electron chi connectivity index (χ3n) is 4.94. The van der Waals surface area contributed by atoms with Crippen molar-refractivity contribution in [1.29, 1.82) is 0 Å². The predicted octanol–water partition coefficient (Wildman–Crippen LogP) is 0.667. The number of ether oxygens (including phenoxy) is 1. The Hall–Kier alpha value is -3.69. The zero-order valence-electron chi connectivity index (χ0n) is 16.3. The molecule has 4 rings (SSSR count). The van der Waals surface area contributed by atoms with Crippen molar-refractivity contribution >= 4 is 28.9 Å². The third kappa shape index (κ3) is 4.32. The normalized spacial score (nSPS) is 14.1. The van der Waals surface area contributed by atoms with Gasteiger partial charge in [-0.25, -0.2) is 14.8 Å². The quantitative estimate of drug-likeness (QED) is 0.544. The number of aryl methyl sites for hydroxylation is 1. The second kappa shape index (κ2) is 8.76. The summed E-state index contributed by atoms with van der Waals surface area (Å²) in [5.74, 6) is -0.682. The number of rotatable bonds is 6. The van der Waals surface area contributed by atoms with E-state index < -0.39 is 11.7 Å². The van der Waals surface area contributed by atoms with Gasteiger partial charge in [0, 0.05) is 45.1 Å². The Morgan fingerprint density at radius 1 is 1.03 bits per heavy atom. The van der Waals surface area contributed by atoms with E-state index in [-0.39, 0.29) is 25.5 Å². The maximum absolute atomic E-state index is 12.3. The molecule has 0 atom stereocenters. The lowest BCUT2D eigenvalue weighted by atomic mass is 10.3. The first-order valence-corrected chi connectivity index (χ1v) is 9.65. The lowest BCUT2D eigenvalue weighted by molar-refractivity contribution is -0.152. The highest BCUT2D eigenvalue weighted by Crippen LogP contribution is 2.12. The summed E-state index contributed by atoms with van der Waals surface area (Å²) in [6.45, 7) is 2.04. The number of nitrogens with zero attached hydrogens (tertiary/aromatic N) is 5. The molecule has 0 aliphatic carbocycles. The summed E-state index contributed by atoms with van der Waals surface area (Å²) in [7, 11) is 0. The molecular formula is C20H21N5O5. The summed E-state index contributed by atoms with van der Waals surface area (Å²) in [4.78, 5) is 48.4. The first-order chi connectivity index (χ1) is 14.6. The Balaban J connectivity index is 1.23. The van der Waals surface area contributed by atoms with Gasteiger partial charge in [-0.15, -0.1) is 0 Å². The van der Waals surface area contributed by atoms with Crippen LogP contribution in [0, 0.1) is 0 Å². The molecule has 10 heteroatoms. The molecule has 0 N–H and O–H groups in total. The first kappa shape index (κ1) is 19.6. The van der Waals surface area contributed by atoms with Crippen LogP contribution >= 0.6 is 0 Å². The highest BCUT2D eigenvalue weighted by molar-refractivity contribution is 5.81. The van der Waals surface area contributed by atoms with Gasteiger partial charge in [-0.05, 0) is 18.2 Å². The molecule has 0 spiro atoms. The Kier molecular flexibility index (Phi) is 5.73. The molecule has 3 aromatic rings. The van der Waals surface area contributed by atoms with E-state index in [1.807, 2.05) is 4.90 Å². The minimum Gasteiger partial charge on any atom is -0.456 e. The van der Waals surface area contributed by atoms with Crippen LogP contribution in [-0.4, -0.2) is 64.1 Å². The number of oxazole rings is 1. The van der Waals surface area contributed by atoms with E-state index in [1.54, 1.807) is 47.6 Å². The van der Waals surface area contributed by atoms with Crippen LogP contribution in [0.2, 0.25) is 0 Å². The second-order valence-corrected chi connectivity index (χ2v) is 6.81. The number of carbonyl (C=O) groups excluding carboxylic acids is 2. The van der Waals surface area contributed by atoms with E-state index >= 15 is 0 Å². The highest BCUT2D eigenvalue weighted by Gasteiger charge is 2.23. The van der Waals surface area contributed by atoms with Crippen LogP contribution in [0.3, 0.4) is 0 Å². The van der Waals surface area contributed by atoms with Gasteiger partial charge in [0.25, 0.3) is 5.91 Å². The number of fused-ring (bicyclic) bond motifs is 1. The van der Waals surface area contributed by atoms with Crippen molar-refractivity contribution < 1.29 is 18.7 Å². The van der Waals surface area contributed by atoms with E-state index in [0.29, 0.717) is 43.2 Å². The zero-order valence-corrected chi connectivity index (χ0v) is 16.3. The summed E-state index contributed by atoms with van der Waals surface area (Å²) in [6.07, 6.45) is 3.33. The van der Waals surface area contributed by atoms with E-state index in [2.05, 4.69) is 9.97 Å². The summed E-state index contributed by atoms with van der Waals surface area (Å²) in [5.41, 5.74) is 1.08. The molecular weight excluding hydrogens is 390 g/mol. The van der Waals surface area contributed by atoms with Gasteiger partial charge in [-0.2, -0.15) is 0 Å². The minimum atomic E-state index is -0.545. The molecule has 2 aromatic heterocycles. The monoisotopic (exact) mass is 411 g/mol. The lowest BCUT2D eigenvalue weighted by Gasteiger charge is -2.34. The molecule has 1 aromatic carbocycles. The Morgan fingerprint density at radius 2 is 1.77 bits per heavy atom. The standard InChI is InChI=1S/C20H21N5O5/c26-17(23-10-12-24(13-11-23)19-21-7-3-8-22-19)14-29-18(27)6-9-25-15-4-1-2-5-16(15)30-20(25)28/h1-5,7-8H,6,9-14H2. The summed E-state index contributed by atoms with van der Waals surface area (Å²) >= 11 is 0. The van der Waals surface area contributed by atoms with Crippen molar-refractivity contribution in [3.63, 3.8) is 0 Å². The van der Waals surface area contributed by atoms with Crippen molar-refractivity contribution in [2.45, 2.75) is 13.0 Å². The largest absolute Gasteiger partial charge is 0.456 e. The third-order valence-corrected chi connectivity index (χ3v) is 4.94. The number of amides is 1. The number of anilines is 1. The van der Waals surface area contributed by atoms with E-state index in [4.69, 9.17) is 9.15 Å². The first-order valence-electron chi connectivity index (χ1n) is 9.65. The maximum Gasteiger partial charge on any atom is 0.419 e. The van der Waals surface area contributed by atoms with Gasteiger partial charge in [0.05, 0.1) is 11.9 Å². The summed E-state index contributed by atoms with van der Waals surface area (Å²) in [6, 6.07) is 8.74. The molecule has 30 heavy (non-hydrogen) atoms. The molecule has 1 saturated heterocycles. The number of aromatic nitrogens is 3. The van der Waals surface area contributed by atoms with Crippen molar-refractivity contribution in [2.24, 2.45) is 0 Å². The number of para-hydroxylation sites is 2. The molecule has 0 unspecified atom stereocenters. The average Bonchev–Trinajstić information content (AvgIpc) is 3.11. The number of esters is 1. The summed E-state index contributed by atoms with van der Waals surface area (Å²) in [5, 5.41) is 0. The van der Waals surface area contributed by atoms with Crippen LogP contribution in [0.1, 0.15) is 6.42 Å². The van der Waals surface area contributed by atoms with Crippen molar-refractivity contribution in [2.75, 3.05) is 37.7 Å². The Morgan fingerprint density at radius 3 is 2.53 bits per heavy atom. The topological polar surface area (TPSA) is 111 Å². The molecule has 0 saturated carbocycles. The van der Waals surface area contributed by atoms with Crippen LogP contribution in [0.4, 0.5) is 5.95 Å². The van der Waals surface area contributed by atoms with E-state index in [1.165, 1.54) is 4.57 Å². The Labute approximate surface area is 171 Å². The maximum atomic E-state index is 12.3. The molecule has 10 nitrogen and oxygen atoms in total. The SMILES string of the molecule is O=C(CCn1c(=O)oc2ccccc21)OCC(=O)N1CCN(c2ncccn2)CC1. The van der Waals surface area contributed by atoms with Gasteiger partial charge in [0.2, 0.25) is 5.95 Å². The molecule has 1 amide bonds. The lowest BCUT2D eigenvalue weighted by Crippen LogP contribution is -2.50. The van der Waals surface area contributed by atoms with Crippen LogP contribution in [0.25, 0.3) is 11.1 Å². The molecule has 1 aliphatic heterocycles. The number of carbonyl (C=O) groups is 2. The van der Waals surface area contributed by atoms with Gasteiger partial charge >= 0.3 is 11.7 Å². The molecule has 1 fully saturated rings. The Bertz CT molecular complexity index is 1090. The molecule has 3 heterocycles.